The van der Waals surface area contributed by atoms with Gasteiger partial charge in [0.15, 0.2) is 0 Å². The summed E-state index contributed by atoms with van der Waals surface area (Å²) in [6.07, 6.45) is 1.65. The van der Waals surface area contributed by atoms with Crippen molar-refractivity contribution < 1.29 is 14.3 Å². The maximum Gasteiger partial charge on any atom is 0.339 e. The summed E-state index contributed by atoms with van der Waals surface area (Å²) in [4.78, 5) is 19.1. The predicted molar refractivity (Wildman–Crippen MR) is 64.5 cm³/mol. The summed E-state index contributed by atoms with van der Waals surface area (Å²) in [5, 5.41) is 11.9. The van der Waals surface area contributed by atoms with Crippen LogP contribution in [0.25, 0.3) is 0 Å². The normalized spacial score (nSPS) is 10.3. The summed E-state index contributed by atoms with van der Waals surface area (Å²) in [7, 11) is 0. The number of nitrogens with one attached hydrogen (secondary N) is 1. The highest BCUT2D eigenvalue weighted by Crippen LogP contribution is 2.15. The number of anilines is 1. The van der Waals surface area contributed by atoms with Crippen LogP contribution in [0.4, 0.5) is 5.95 Å². The fraction of sp³-hybridized carbons (Fsp3) is 0.250. The number of aryl methyl sites for hydroxylation is 2. The smallest absolute Gasteiger partial charge is 0.339 e. The van der Waals surface area contributed by atoms with Crippen LogP contribution in [0.3, 0.4) is 0 Å². The van der Waals surface area contributed by atoms with E-state index in [9.17, 15) is 4.79 Å². The molecule has 2 heterocycles. The van der Waals surface area contributed by atoms with Gasteiger partial charge in [0.25, 0.3) is 0 Å². The molecule has 0 atom stereocenters. The SMILES string of the molecule is Cc1ccnc(NCc2cc(C(=O)O)c(C)o2)n1. The second-order valence-electron chi connectivity index (χ2n) is 3.86. The van der Waals surface area contributed by atoms with Gasteiger partial charge < -0.3 is 14.8 Å². The second-order valence-corrected chi connectivity index (χ2v) is 3.86. The van der Waals surface area contributed by atoms with Crippen molar-refractivity contribution in [2.24, 2.45) is 0 Å². The van der Waals surface area contributed by atoms with Crippen LogP contribution < -0.4 is 5.32 Å². The summed E-state index contributed by atoms with van der Waals surface area (Å²) in [5.41, 5.74) is 1.03. The Morgan fingerprint density at radius 2 is 2.28 bits per heavy atom. The Bertz CT molecular complexity index is 578. The average Bonchev–Trinajstić information content (AvgIpc) is 2.68. The number of rotatable bonds is 4. The minimum Gasteiger partial charge on any atom is -0.478 e. The highest BCUT2D eigenvalue weighted by atomic mass is 16.4. The highest BCUT2D eigenvalue weighted by Gasteiger charge is 2.13. The lowest BCUT2D eigenvalue weighted by molar-refractivity contribution is 0.0695. The maximum absolute atomic E-state index is 10.8. The number of hydrogen-bond donors (Lipinski definition) is 2. The van der Waals surface area contributed by atoms with Crippen LogP contribution in [0.15, 0.2) is 22.7 Å². The van der Waals surface area contributed by atoms with Gasteiger partial charge in [0, 0.05) is 11.9 Å². The monoisotopic (exact) mass is 247 g/mol. The summed E-state index contributed by atoms with van der Waals surface area (Å²) in [5.74, 6) is 0.426. The molecule has 0 unspecified atom stereocenters. The van der Waals surface area contributed by atoms with E-state index >= 15 is 0 Å². The minimum absolute atomic E-state index is 0.178. The van der Waals surface area contributed by atoms with E-state index in [-0.39, 0.29) is 5.56 Å². The molecule has 0 bridgehead atoms. The Labute approximate surface area is 104 Å². The zero-order chi connectivity index (χ0) is 13.1. The Kier molecular flexibility index (Phi) is 3.27. The lowest BCUT2D eigenvalue weighted by Crippen LogP contribution is -2.03. The Morgan fingerprint density at radius 1 is 1.50 bits per heavy atom. The molecular formula is C12H13N3O3. The Hall–Kier alpha value is -2.37. The molecule has 0 aliphatic heterocycles. The lowest BCUT2D eigenvalue weighted by Gasteiger charge is -2.02. The first-order chi connectivity index (χ1) is 8.56. The summed E-state index contributed by atoms with van der Waals surface area (Å²) in [6, 6.07) is 3.30. The van der Waals surface area contributed by atoms with E-state index in [1.165, 1.54) is 6.07 Å². The molecule has 0 fully saturated rings. The molecule has 2 aromatic heterocycles. The van der Waals surface area contributed by atoms with Crippen molar-refractivity contribution in [3.05, 3.63) is 41.1 Å². The quantitative estimate of drug-likeness (QED) is 0.859. The van der Waals surface area contributed by atoms with Crippen molar-refractivity contribution in [2.75, 3.05) is 5.32 Å². The van der Waals surface area contributed by atoms with E-state index in [0.29, 0.717) is 24.0 Å². The molecule has 0 aromatic carbocycles. The molecule has 6 nitrogen and oxygen atoms in total. The number of carboxylic acid groups (broad SMARTS) is 1. The molecule has 0 saturated heterocycles. The fourth-order valence-corrected chi connectivity index (χ4v) is 1.54. The van der Waals surface area contributed by atoms with Gasteiger partial charge in [-0.1, -0.05) is 0 Å². The largest absolute Gasteiger partial charge is 0.478 e. The van der Waals surface area contributed by atoms with Gasteiger partial charge >= 0.3 is 5.97 Å². The van der Waals surface area contributed by atoms with E-state index in [4.69, 9.17) is 9.52 Å². The number of carboxylic acids is 1. The van der Waals surface area contributed by atoms with E-state index in [1.54, 1.807) is 19.2 Å². The van der Waals surface area contributed by atoms with Gasteiger partial charge in [0.05, 0.1) is 6.54 Å². The van der Waals surface area contributed by atoms with Gasteiger partial charge in [-0.2, -0.15) is 0 Å². The van der Waals surface area contributed by atoms with Crippen molar-refractivity contribution in [1.29, 1.82) is 0 Å². The van der Waals surface area contributed by atoms with Crippen LogP contribution >= 0.6 is 0 Å². The first kappa shape index (κ1) is 12.1. The minimum atomic E-state index is -0.991. The molecule has 94 valence electrons. The van der Waals surface area contributed by atoms with Crippen molar-refractivity contribution >= 4 is 11.9 Å². The third-order valence-electron chi connectivity index (χ3n) is 2.41. The molecule has 0 aliphatic rings. The van der Waals surface area contributed by atoms with Crippen molar-refractivity contribution in [2.45, 2.75) is 20.4 Å². The van der Waals surface area contributed by atoms with Gasteiger partial charge in [-0.05, 0) is 26.0 Å². The first-order valence-corrected chi connectivity index (χ1v) is 5.42. The molecule has 0 amide bonds. The molecule has 2 N–H and O–H groups in total. The summed E-state index contributed by atoms with van der Waals surface area (Å²) < 4.78 is 5.33. The van der Waals surface area contributed by atoms with E-state index in [1.807, 2.05) is 6.92 Å². The predicted octanol–water partition coefficient (Wildman–Crippen LogP) is 2.00. The fourth-order valence-electron chi connectivity index (χ4n) is 1.54. The van der Waals surface area contributed by atoms with Crippen molar-refractivity contribution in [1.82, 2.24) is 9.97 Å². The summed E-state index contributed by atoms with van der Waals surface area (Å²) >= 11 is 0. The van der Waals surface area contributed by atoms with E-state index < -0.39 is 5.97 Å². The van der Waals surface area contributed by atoms with Crippen LogP contribution in [0.5, 0.6) is 0 Å². The summed E-state index contributed by atoms with van der Waals surface area (Å²) in [6.45, 7) is 3.83. The standard InChI is InChI=1S/C12H13N3O3/c1-7-3-4-13-12(15-7)14-6-9-5-10(11(16)17)8(2)18-9/h3-5H,6H2,1-2H3,(H,16,17)(H,13,14,15). The highest BCUT2D eigenvalue weighted by molar-refractivity contribution is 5.88. The molecule has 2 rings (SSSR count). The van der Waals surface area contributed by atoms with Gasteiger partial charge in [-0.25, -0.2) is 14.8 Å². The molecule has 18 heavy (non-hydrogen) atoms. The lowest BCUT2D eigenvalue weighted by atomic mass is 10.2. The first-order valence-electron chi connectivity index (χ1n) is 5.42. The van der Waals surface area contributed by atoms with Crippen LogP contribution in [0.2, 0.25) is 0 Å². The number of aromatic carboxylic acids is 1. The molecule has 0 saturated carbocycles. The number of aromatic nitrogens is 2. The molecule has 0 aliphatic carbocycles. The Morgan fingerprint density at radius 3 is 2.89 bits per heavy atom. The third kappa shape index (κ3) is 2.65. The molecule has 6 heteroatoms. The van der Waals surface area contributed by atoms with E-state index in [2.05, 4.69) is 15.3 Å². The van der Waals surface area contributed by atoms with Gasteiger partial charge in [-0.15, -0.1) is 0 Å². The van der Waals surface area contributed by atoms with Crippen molar-refractivity contribution in [3.8, 4) is 0 Å². The molecular weight excluding hydrogens is 234 g/mol. The van der Waals surface area contributed by atoms with Gasteiger partial charge in [0.1, 0.15) is 17.1 Å². The number of nitrogens with zero attached hydrogens (tertiary/aromatic N) is 2. The zero-order valence-corrected chi connectivity index (χ0v) is 10.1. The molecule has 0 radical (unpaired) electrons. The zero-order valence-electron chi connectivity index (χ0n) is 10.1. The van der Waals surface area contributed by atoms with Crippen LogP contribution in [0, 0.1) is 13.8 Å². The second kappa shape index (κ2) is 4.87. The van der Waals surface area contributed by atoms with Gasteiger partial charge in [0.2, 0.25) is 5.95 Å². The molecule has 2 aromatic rings. The molecule has 0 spiro atoms. The average molecular weight is 247 g/mol. The number of hydrogen-bond acceptors (Lipinski definition) is 5. The maximum atomic E-state index is 10.8. The van der Waals surface area contributed by atoms with E-state index in [0.717, 1.165) is 5.69 Å². The van der Waals surface area contributed by atoms with Gasteiger partial charge in [-0.3, -0.25) is 0 Å². The van der Waals surface area contributed by atoms with Crippen LogP contribution in [-0.4, -0.2) is 21.0 Å². The topological polar surface area (TPSA) is 88.2 Å². The van der Waals surface area contributed by atoms with Crippen LogP contribution in [0.1, 0.15) is 27.6 Å². The third-order valence-corrected chi connectivity index (χ3v) is 2.41. The number of carbonyl (C=O) groups is 1. The van der Waals surface area contributed by atoms with Crippen molar-refractivity contribution in [3.63, 3.8) is 0 Å². The Balaban J connectivity index is 2.06. The number of furan rings is 1. The van der Waals surface area contributed by atoms with Crippen LogP contribution in [-0.2, 0) is 6.54 Å².